The van der Waals surface area contributed by atoms with Gasteiger partial charge in [-0.1, -0.05) is 33.6 Å². The number of hydrogen-bond acceptors (Lipinski definition) is 3. The Kier molecular flexibility index (Phi) is 8.28. The third-order valence-electron chi connectivity index (χ3n) is 3.50. The fourth-order valence-electron chi connectivity index (χ4n) is 2.33. The van der Waals surface area contributed by atoms with Gasteiger partial charge in [0, 0.05) is 25.3 Å². The lowest BCUT2D eigenvalue weighted by Crippen LogP contribution is -2.25. The molecule has 3 nitrogen and oxygen atoms in total. The minimum Gasteiger partial charge on any atom is -0.357 e. The Balaban J connectivity index is 2.92. The standard InChI is InChI=1S/C17H31N3/c1-5-9-11-20(8-4)17-13-15(14-18-7-3)12-16(19-17)10-6-2/h12-13,18H,5-11,14H2,1-4H3. The largest absolute Gasteiger partial charge is 0.357 e. The number of nitrogens with one attached hydrogen (secondary N) is 1. The maximum absolute atomic E-state index is 4.85. The molecule has 0 fully saturated rings. The van der Waals surface area contributed by atoms with Crippen LogP contribution in [-0.2, 0) is 13.0 Å². The zero-order chi connectivity index (χ0) is 14.8. The molecule has 0 atom stereocenters. The molecule has 0 aromatic carbocycles. The van der Waals surface area contributed by atoms with Crippen molar-refractivity contribution in [1.82, 2.24) is 10.3 Å². The first-order valence-corrected chi connectivity index (χ1v) is 8.20. The first-order chi connectivity index (χ1) is 9.74. The van der Waals surface area contributed by atoms with Crippen LogP contribution in [0, 0.1) is 0 Å². The minimum atomic E-state index is 0.939. The molecule has 20 heavy (non-hydrogen) atoms. The SMILES string of the molecule is CCCCN(CC)c1cc(CNCC)cc(CCC)n1. The van der Waals surface area contributed by atoms with Crippen molar-refractivity contribution in [2.45, 2.75) is 59.9 Å². The van der Waals surface area contributed by atoms with Crippen LogP contribution in [-0.4, -0.2) is 24.6 Å². The van der Waals surface area contributed by atoms with Gasteiger partial charge in [-0.25, -0.2) is 4.98 Å². The van der Waals surface area contributed by atoms with Gasteiger partial charge < -0.3 is 10.2 Å². The van der Waals surface area contributed by atoms with E-state index >= 15 is 0 Å². The van der Waals surface area contributed by atoms with E-state index in [1.807, 2.05) is 0 Å². The molecular formula is C17H31N3. The van der Waals surface area contributed by atoms with Crippen LogP contribution >= 0.6 is 0 Å². The van der Waals surface area contributed by atoms with Gasteiger partial charge in [0.15, 0.2) is 0 Å². The molecule has 1 N–H and O–H groups in total. The van der Waals surface area contributed by atoms with E-state index in [9.17, 15) is 0 Å². The van der Waals surface area contributed by atoms with E-state index in [-0.39, 0.29) is 0 Å². The molecule has 0 spiro atoms. The van der Waals surface area contributed by atoms with Crippen LogP contribution in [0.1, 0.15) is 58.2 Å². The van der Waals surface area contributed by atoms with Crippen molar-refractivity contribution in [3.05, 3.63) is 23.4 Å². The summed E-state index contributed by atoms with van der Waals surface area (Å²) in [6.07, 6.45) is 4.68. The fourth-order valence-corrected chi connectivity index (χ4v) is 2.33. The molecule has 3 heteroatoms. The smallest absolute Gasteiger partial charge is 0.129 e. The Morgan fingerprint density at radius 2 is 1.90 bits per heavy atom. The second-order valence-corrected chi connectivity index (χ2v) is 5.29. The van der Waals surface area contributed by atoms with E-state index in [0.717, 1.165) is 44.8 Å². The summed E-state index contributed by atoms with van der Waals surface area (Å²) in [5.41, 5.74) is 2.59. The molecule has 114 valence electrons. The van der Waals surface area contributed by atoms with E-state index in [1.165, 1.54) is 24.1 Å². The van der Waals surface area contributed by atoms with E-state index in [2.05, 4.69) is 50.0 Å². The Morgan fingerprint density at radius 3 is 2.50 bits per heavy atom. The van der Waals surface area contributed by atoms with Crippen molar-refractivity contribution in [3.8, 4) is 0 Å². The van der Waals surface area contributed by atoms with Gasteiger partial charge in [-0.3, -0.25) is 0 Å². The quantitative estimate of drug-likeness (QED) is 0.705. The molecule has 0 amide bonds. The molecule has 0 unspecified atom stereocenters. The molecule has 0 saturated carbocycles. The molecule has 1 aromatic rings. The summed E-state index contributed by atoms with van der Waals surface area (Å²) in [5.74, 6) is 1.15. The van der Waals surface area contributed by atoms with Crippen molar-refractivity contribution < 1.29 is 0 Å². The van der Waals surface area contributed by atoms with Gasteiger partial charge in [0.05, 0.1) is 0 Å². The second kappa shape index (κ2) is 9.76. The van der Waals surface area contributed by atoms with Crippen LogP contribution in [0.15, 0.2) is 12.1 Å². The van der Waals surface area contributed by atoms with E-state index in [0.29, 0.717) is 0 Å². The third-order valence-corrected chi connectivity index (χ3v) is 3.50. The topological polar surface area (TPSA) is 28.2 Å². The molecule has 0 aliphatic carbocycles. The highest BCUT2D eigenvalue weighted by atomic mass is 15.2. The van der Waals surface area contributed by atoms with Gasteiger partial charge >= 0.3 is 0 Å². The molecule has 0 aliphatic heterocycles. The number of nitrogens with zero attached hydrogens (tertiary/aromatic N) is 2. The number of rotatable bonds is 10. The van der Waals surface area contributed by atoms with Gasteiger partial charge in [0.25, 0.3) is 0 Å². The van der Waals surface area contributed by atoms with E-state index < -0.39 is 0 Å². The van der Waals surface area contributed by atoms with Gasteiger partial charge in [-0.2, -0.15) is 0 Å². The van der Waals surface area contributed by atoms with Crippen molar-refractivity contribution in [2.75, 3.05) is 24.5 Å². The summed E-state index contributed by atoms with van der Waals surface area (Å²) in [6, 6.07) is 4.50. The number of aryl methyl sites for hydroxylation is 1. The molecule has 0 radical (unpaired) electrons. The van der Waals surface area contributed by atoms with Gasteiger partial charge in [0.2, 0.25) is 0 Å². The summed E-state index contributed by atoms with van der Waals surface area (Å²) in [4.78, 5) is 7.25. The van der Waals surface area contributed by atoms with Crippen LogP contribution in [0.4, 0.5) is 5.82 Å². The number of hydrogen-bond donors (Lipinski definition) is 1. The summed E-state index contributed by atoms with van der Waals surface area (Å²) >= 11 is 0. The van der Waals surface area contributed by atoms with Crippen LogP contribution < -0.4 is 10.2 Å². The van der Waals surface area contributed by atoms with Crippen molar-refractivity contribution in [1.29, 1.82) is 0 Å². The first kappa shape index (κ1) is 17.0. The van der Waals surface area contributed by atoms with Gasteiger partial charge in [-0.05, 0) is 44.0 Å². The maximum Gasteiger partial charge on any atom is 0.129 e. The Labute approximate surface area is 124 Å². The average Bonchev–Trinajstić information content (AvgIpc) is 2.46. The normalized spacial score (nSPS) is 10.8. The zero-order valence-electron chi connectivity index (χ0n) is 13.7. The zero-order valence-corrected chi connectivity index (χ0v) is 13.7. The van der Waals surface area contributed by atoms with Crippen molar-refractivity contribution >= 4 is 5.82 Å². The highest BCUT2D eigenvalue weighted by molar-refractivity contribution is 5.42. The lowest BCUT2D eigenvalue weighted by atomic mass is 10.1. The molecular weight excluding hydrogens is 246 g/mol. The number of anilines is 1. The van der Waals surface area contributed by atoms with Crippen LogP contribution in [0.3, 0.4) is 0 Å². The molecule has 0 saturated heterocycles. The van der Waals surface area contributed by atoms with Gasteiger partial charge in [0.1, 0.15) is 5.82 Å². The lowest BCUT2D eigenvalue weighted by molar-refractivity contribution is 0.707. The molecule has 1 rings (SSSR count). The minimum absolute atomic E-state index is 0.939. The van der Waals surface area contributed by atoms with Crippen LogP contribution in [0.25, 0.3) is 0 Å². The maximum atomic E-state index is 4.85. The van der Waals surface area contributed by atoms with E-state index in [1.54, 1.807) is 0 Å². The summed E-state index contributed by atoms with van der Waals surface area (Å²) in [5, 5.41) is 3.41. The highest BCUT2D eigenvalue weighted by Crippen LogP contribution is 2.17. The summed E-state index contributed by atoms with van der Waals surface area (Å²) in [6.45, 7) is 12.9. The number of unbranched alkanes of at least 4 members (excludes halogenated alkanes) is 1. The molecule has 0 aliphatic rings. The summed E-state index contributed by atoms with van der Waals surface area (Å²) in [7, 11) is 0. The fraction of sp³-hybridized carbons (Fsp3) is 0.706. The second-order valence-electron chi connectivity index (χ2n) is 5.29. The van der Waals surface area contributed by atoms with Gasteiger partial charge in [-0.15, -0.1) is 0 Å². The number of aromatic nitrogens is 1. The Bertz CT molecular complexity index is 376. The van der Waals surface area contributed by atoms with E-state index in [4.69, 9.17) is 4.98 Å². The van der Waals surface area contributed by atoms with Crippen LogP contribution in [0.5, 0.6) is 0 Å². The molecule has 0 bridgehead atoms. The number of pyridine rings is 1. The summed E-state index contributed by atoms with van der Waals surface area (Å²) < 4.78 is 0. The predicted molar refractivity (Wildman–Crippen MR) is 88.4 cm³/mol. The monoisotopic (exact) mass is 277 g/mol. The molecule has 1 aromatic heterocycles. The Morgan fingerprint density at radius 1 is 1.10 bits per heavy atom. The molecule has 1 heterocycles. The lowest BCUT2D eigenvalue weighted by Gasteiger charge is -2.23. The average molecular weight is 277 g/mol. The Hall–Kier alpha value is -1.09. The van der Waals surface area contributed by atoms with Crippen molar-refractivity contribution in [3.63, 3.8) is 0 Å². The van der Waals surface area contributed by atoms with Crippen molar-refractivity contribution in [2.24, 2.45) is 0 Å². The third kappa shape index (κ3) is 5.49. The van der Waals surface area contributed by atoms with Crippen LogP contribution in [0.2, 0.25) is 0 Å². The first-order valence-electron chi connectivity index (χ1n) is 8.20. The highest BCUT2D eigenvalue weighted by Gasteiger charge is 2.08. The predicted octanol–water partition coefficient (Wildman–Crippen LogP) is 3.77.